The van der Waals surface area contributed by atoms with E-state index in [2.05, 4.69) is 6.58 Å². The standard InChI is InChI=1S/C14H20O3/c1-3-11(2)10-14(8-5-9-15)12(16)6-4-7-13(14)17/h9H,2-8,10H2,1H3. The van der Waals surface area contributed by atoms with Crippen molar-refractivity contribution in [2.24, 2.45) is 5.41 Å². The number of allylic oxidation sites excluding steroid dienone is 1. The molecule has 0 spiro atoms. The first-order chi connectivity index (χ1) is 8.06. The molecule has 3 heteroatoms. The third-order valence-corrected chi connectivity index (χ3v) is 3.62. The first-order valence-corrected chi connectivity index (χ1v) is 6.23. The van der Waals surface area contributed by atoms with Crippen molar-refractivity contribution >= 4 is 17.9 Å². The molecule has 3 nitrogen and oxygen atoms in total. The largest absolute Gasteiger partial charge is 0.303 e. The molecule has 94 valence electrons. The zero-order valence-electron chi connectivity index (χ0n) is 10.5. The predicted molar refractivity (Wildman–Crippen MR) is 65.6 cm³/mol. The smallest absolute Gasteiger partial charge is 0.146 e. The molecule has 0 aromatic rings. The highest BCUT2D eigenvalue weighted by atomic mass is 16.2. The Labute approximate surface area is 102 Å². The topological polar surface area (TPSA) is 51.2 Å². The van der Waals surface area contributed by atoms with Crippen LogP contribution in [-0.2, 0) is 14.4 Å². The molecule has 0 bridgehead atoms. The highest BCUT2D eigenvalue weighted by molar-refractivity contribution is 6.09. The molecule has 1 aliphatic rings. The maximum atomic E-state index is 12.1. The summed E-state index contributed by atoms with van der Waals surface area (Å²) in [5.74, 6) is 0.00963. The van der Waals surface area contributed by atoms with Crippen LogP contribution in [0.5, 0.6) is 0 Å². The van der Waals surface area contributed by atoms with Crippen LogP contribution in [0.15, 0.2) is 12.2 Å². The monoisotopic (exact) mass is 236 g/mol. The van der Waals surface area contributed by atoms with Crippen molar-refractivity contribution in [3.63, 3.8) is 0 Å². The average molecular weight is 236 g/mol. The molecule has 0 amide bonds. The minimum absolute atomic E-state index is 0.00481. The van der Waals surface area contributed by atoms with E-state index < -0.39 is 5.41 Å². The summed E-state index contributed by atoms with van der Waals surface area (Å²) < 4.78 is 0. The van der Waals surface area contributed by atoms with E-state index in [1.165, 1.54) is 0 Å². The van der Waals surface area contributed by atoms with Gasteiger partial charge in [0.05, 0.1) is 5.41 Å². The summed E-state index contributed by atoms with van der Waals surface area (Å²) in [6.45, 7) is 5.86. The molecule has 0 aromatic carbocycles. The second kappa shape index (κ2) is 5.89. The number of Topliss-reactive ketones (excluding diaryl/α,β-unsaturated/α-hetero) is 2. The lowest BCUT2D eigenvalue weighted by Gasteiger charge is -2.34. The summed E-state index contributed by atoms with van der Waals surface area (Å²) in [4.78, 5) is 34.7. The van der Waals surface area contributed by atoms with Crippen molar-refractivity contribution < 1.29 is 14.4 Å². The molecular weight excluding hydrogens is 216 g/mol. The van der Waals surface area contributed by atoms with Gasteiger partial charge in [0.1, 0.15) is 17.9 Å². The molecule has 17 heavy (non-hydrogen) atoms. The Morgan fingerprint density at radius 3 is 2.41 bits per heavy atom. The summed E-state index contributed by atoms with van der Waals surface area (Å²) >= 11 is 0. The van der Waals surface area contributed by atoms with E-state index in [4.69, 9.17) is 0 Å². The van der Waals surface area contributed by atoms with E-state index in [-0.39, 0.29) is 18.0 Å². The average Bonchev–Trinajstić information content (AvgIpc) is 2.32. The van der Waals surface area contributed by atoms with Crippen LogP contribution >= 0.6 is 0 Å². The molecule has 0 unspecified atom stereocenters. The van der Waals surface area contributed by atoms with Gasteiger partial charge in [0.15, 0.2) is 0 Å². The fourth-order valence-electron chi connectivity index (χ4n) is 2.47. The minimum Gasteiger partial charge on any atom is -0.303 e. The minimum atomic E-state index is -0.938. The van der Waals surface area contributed by atoms with Crippen LogP contribution < -0.4 is 0 Å². The number of hydrogen-bond donors (Lipinski definition) is 0. The first kappa shape index (κ1) is 13.8. The van der Waals surface area contributed by atoms with Crippen molar-refractivity contribution in [2.75, 3.05) is 0 Å². The zero-order valence-corrected chi connectivity index (χ0v) is 10.5. The van der Waals surface area contributed by atoms with Crippen LogP contribution in [0.1, 0.15) is 51.9 Å². The summed E-state index contributed by atoms with van der Waals surface area (Å²) in [6, 6.07) is 0. The maximum absolute atomic E-state index is 12.1. The van der Waals surface area contributed by atoms with Gasteiger partial charge >= 0.3 is 0 Å². The van der Waals surface area contributed by atoms with Crippen LogP contribution in [0.3, 0.4) is 0 Å². The summed E-state index contributed by atoms with van der Waals surface area (Å²) in [5.41, 5.74) is -0.0220. The fraction of sp³-hybridized carbons (Fsp3) is 0.643. The van der Waals surface area contributed by atoms with Crippen LogP contribution in [0.4, 0.5) is 0 Å². The summed E-state index contributed by atoms with van der Waals surface area (Å²) in [7, 11) is 0. The maximum Gasteiger partial charge on any atom is 0.146 e. The Hall–Kier alpha value is -1.25. The lowest BCUT2D eigenvalue weighted by Crippen LogP contribution is -2.43. The molecule has 0 aromatic heterocycles. The number of hydrogen-bond acceptors (Lipinski definition) is 3. The summed E-state index contributed by atoms with van der Waals surface area (Å²) in [5, 5.41) is 0. The number of carbonyl (C=O) groups is 3. The third-order valence-electron chi connectivity index (χ3n) is 3.62. The van der Waals surface area contributed by atoms with E-state index in [0.717, 1.165) is 18.3 Å². The number of aldehydes is 1. The van der Waals surface area contributed by atoms with Gasteiger partial charge in [0.2, 0.25) is 0 Å². The van der Waals surface area contributed by atoms with Crippen molar-refractivity contribution in [1.82, 2.24) is 0 Å². The molecule has 0 atom stereocenters. The van der Waals surface area contributed by atoms with Gasteiger partial charge in [0, 0.05) is 19.3 Å². The molecule has 1 rings (SSSR count). The van der Waals surface area contributed by atoms with Crippen LogP contribution in [0, 0.1) is 5.41 Å². The second-order valence-electron chi connectivity index (χ2n) is 4.77. The van der Waals surface area contributed by atoms with Crippen molar-refractivity contribution in [3.05, 3.63) is 12.2 Å². The SMILES string of the molecule is C=C(CC)CC1(CCC=O)C(=O)CCCC1=O. The summed E-state index contributed by atoms with van der Waals surface area (Å²) in [6.07, 6.45) is 4.17. The molecule has 1 saturated carbocycles. The highest BCUT2D eigenvalue weighted by Gasteiger charge is 2.45. The first-order valence-electron chi connectivity index (χ1n) is 6.23. The Morgan fingerprint density at radius 2 is 1.94 bits per heavy atom. The van der Waals surface area contributed by atoms with E-state index >= 15 is 0 Å². The van der Waals surface area contributed by atoms with Gasteiger partial charge < -0.3 is 4.79 Å². The molecule has 1 aliphatic carbocycles. The Morgan fingerprint density at radius 1 is 1.35 bits per heavy atom. The molecule has 0 radical (unpaired) electrons. The Kier molecular flexibility index (Phi) is 4.79. The zero-order chi connectivity index (χ0) is 12.9. The predicted octanol–water partition coefficient (Wildman–Crippen LogP) is 2.63. The molecule has 0 saturated heterocycles. The molecule has 0 N–H and O–H groups in total. The molecule has 0 aliphatic heterocycles. The van der Waals surface area contributed by atoms with Gasteiger partial charge in [-0.2, -0.15) is 0 Å². The quantitative estimate of drug-likeness (QED) is 0.404. The van der Waals surface area contributed by atoms with Gasteiger partial charge in [-0.15, -0.1) is 0 Å². The van der Waals surface area contributed by atoms with E-state index in [9.17, 15) is 14.4 Å². The van der Waals surface area contributed by atoms with Gasteiger partial charge in [-0.25, -0.2) is 0 Å². The Balaban J connectivity index is 2.96. The lowest BCUT2D eigenvalue weighted by atomic mass is 9.66. The molecular formula is C14H20O3. The van der Waals surface area contributed by atoms with Crippen LogP contribution in [0.2, 0.25) is 0 Å². The van der Waals surface area contributed by atoms with E-state index in [1.807, 2.05) is 6.92 Å². The van der Waals surface area contributed by atoms with Crippen molar-refractivity contribution in [2.45, 2.75) is 51.9 Å². The second-order valence-corrected chi connectivity index (χ2v) is 4.77. The molecule has 0 heterocycles. The highest BCUT2D eigenvalue weighted by Crippen LogP contribution is 2.40. The van der Waals surface area contributed by atoms with Gasteiger partial charge in [-0.3, -0.25) is 9.59 Å². The molecule has 1 fully saturated rings. The van der Waals surface area contributed by atoms with Gasteiger partial charge in [-0.05, 0) is 25.7 Å². The van der Waals surface area contributed by atoms with Gasteiger partial charge in [0.25, 0.3) is 0 Å². The number of ketones is 2. The number of rotatable bonds is 6. The number of carbonyl (C=O) groups excluding carboxylic acids is 3. The van der Waals surface area contributed by atoms with Crippen LogP contribution in [-0.4, -0.2) is 17.9 Å². The van der Waals surface area contributed by atoms with E-state index in [0.29, 0.717) is 32.1 Å². The third kappa shape index (κ3) is 2.90. The van der Waals surface area contributed by atoms with E-state index in [1.54, 1.807) is 0 Å². The van der Waals surface area contributed by atoms with Crippen LogP contribution in [0.25, 0.3) is 0 Å². The normalized spacial score (nSPS) is 19.1. The van der Waals surface area contributed by atoms with Crippen molar-refractivity contribution in [1.29, 1.82) is 0 Å². The fourth-order valence-corrected chi connectivity index (χ4v) is 2.47. The van der Waals surface area contributed by atoms with Crippen molar-refractivity contribution in [3.8, 4) is 0 Å². The van der Waals surface area contributed by atoms with Gasteiger partial charge in [-0.1, -0.05) is 19.1 Å². The Bertz CT molecular complexity index is 325. The lowest BCUT2D eigenvalue weighted by molar-refractivity contribution is -0.144.